The predicted octanol–water partition coefficient (Wildman–Crippen LogP) is 13.0. The van der Waals surface area contributed by atoms with Gasteiger partial charge in [0.15, 0.2) is 0 Å². The van der Waals surface area contributed by atoms with Gasteiger partial charge < -0.3 is 0 Å². The topological polar surface area (TPSA) is 0 Å². The molecule has 0 N–H and O–H groups in total. The Morgan fingerprint density at radius 1 is 0.267 bits per heavy atom. The summed E-state index contributed by atoms with van der Waals surface area (Å²) in [6, 6.07) is 62.0. The van der Waals surface area contributed by atoms with Gasteiger partial charge in [-0.3, -0.25) is 0 Å². The summed E-state index contributed by atoms with van der Waals surface area (Å²) in [6.45, 7) is 0. The van der Waals surface area contributed by atoms with Gasteiger partial charge in [-0.15, -0.1) is 11.3 Å². The molecule has 0 nitrogen and oxygen atoms in total. The van der Waals surface area contributed by atoms with E-state index in [0.717, 1.165) is 0 Å². The van der Waals surface area contributed by atoms with Gasteiger partial charge in [-0.05, 0) is 54.6 Å². The van der Waals surface area contributed by atoms with Crippen molar-refractivity contribution in [1.82, 2.24) is 0 Å². The van der Waals surface area contributed by atoms with Crippen molar-refractivity contribution in [2.24, 2.45) is 0 Å². The summed E-state index contributed by atoms with van der Waals surface area (Å²) >= 11 is 1.93. The number of thiophene rings is 1. The van der Waals surface area contributed by atoms with Gasteiger partial charge >= 0.3 is 0 Å². The lowest BCUT2D eigenvalue weighted by Crippen LogP contribution is -1.89. The molecule has 1 heteroatoms. The highest BCUT2D eigenvalue weighted by atomic mass is 32.1. The van der Waals surface area contributed by atoms with Crippen molar-refractivity contribution in [3.8, 4) is 43.1 Å². The molecule has 1 aromatic heterocycles. The van der Waals surface area contributed by atoms with E-state index in [2.05, 4.69) is 170 Å². The molecule has 0 bridgehead atoms. The van der Waals surface area contributed by atoms with Crippen molar-refractivity contribution in [1.29, 1.82) is 0 Å². The zero-order chi connectivity index (χ0) is 29.7. The van der Waals surface area contributed by atoms with Crippen molar-refractivity contribution >= 4 is 54.4 Å². The predicted molar refractivity (Wildman–Crippen MR) is 196 cm³/mol. The second-order valence-electron chi connectivity index (χ2n) is 11.6. The first-order valence-electron chi connectivity index (χ1n) is 15.4. The van der Waals surface area contributed by atoms with Crippen molar-refractivity contribution in [3.05, 3.63) is 170 Å². The SMILES string of the molecule is c1ccc(-c2cccc(-c3ccccc3)c2-c2sc(-c3cccc4c5ccccc5c5ccccc5c34)c3ccccc23)cc1. The number of hydrogen-bond acceptors (Lipinski definition) is 1. The minimum atomic E-state index is 1.23. The first-order chi connectivity index (χ1) is 22.4. The Morgan fingerprint density at radius 3 is 1.20 bits per heavy atom. The third-order valence-electron chi connectivity index (χ3n) is 9.09. The largest absolute Gasteiger partial charge is 0.134 e. The van der Waals surface area contributed by atoms with Crippen LogP contribution >= 0.6 is 11.3 Å². The number of benzene rings is 8. The smallest absolute Gasteiger partial charge is 0.0440 e. The Hall–Kier alpha value is -5.50. The average Bonchev–Trinajstić information content (AvgIpc) is 3.51. The van der Waals surface area contributed by atoms with Crippen molar-refractivity contribution in [3.63, 3.8) is 0 Å². The molecule has 0 saturated heterocycles. The highest BCUT2D eigenvalue weighted by Gasteiger charge is 2.22. The zero-order valence-corrected chi connectivity index (χ0v) is 25.4. The summed E-state index contributed by atoms with van der Waals surface area (Å²) in [4.78, 5) is 2.62. The van der Waals surface area contributed by atoms with Crippen molar-refractivity contribution in [2.45, 2.75) is 0 Å². The molecule has 0 saturated carbocycles. The van der Waals surface area contributed by atoms with E-state index in [4.69, 9.17) is 0 Å². The molecule has 1 heterocycles. The Kier molecular flexibility index (Phi) is 6.11. The van der Waals surface area contributed by atoms with Gasteiger partial charge in [0.2, 0.25) is 0 Å². The van der Waals surface area contributed by atoms with E-state index in [1.807, 2.05) is 11.3 Å². The van der Waals surface area contributed by atoms with Gasteiger partial charge in [0, 0.05) is 31.7 Å². The molecule has 0 spiro atoms. The lowest BCUT2D eigenvalue weighted by molar-refractivity contribution is 1.59. The first-order valence-corrected chi connectivity index (χ1v) is 16.3. The van der Waals surface area contributed by atoms with Crippen LogP contribution in [0.2, 0.25) is 0 Å². The van der Waals surface area contributed by atoms with E-state index < -0.39 is 0 Å². The fraction of sp³-hybridized carbons (Fsp3) is 0. The van der Waals surface area contributed by atoms with Crippen molar-refractivity contribution < 1.29 is 0 Å². The molecule has 0 aliphatic rings. The molecule has 0 aliphatic heterocycles. The molecule has 0 unspecified atom stereocenters. The quantitative estimate of drug-likeness (QED) is 0.179. The second-order valence-corrected chi connectivity index (χ2v) is 12.6. The van der Waals surface area contributed by atoms with E-state index in [-0.39, 0.29) is 0 Å². The molecule has 45 heavy (non-hydrogen) atoms. The van der Waals surface area contributed by atoms with Crippen LogP contribution in [-0.2, 0) is 0 Å². The van der Waals surface area contributed by atoms with Crippen LogP contribution in [0.1, 0.15) is 0 Å². The Balaban J connectivity index is 1.41. The fourth-order valence-corrected chi connectivity index (χ4v) is 8.52. The van der Waals surface area contributed by atoms with Crippen LogP contribution in [0, 0.1) is 0 Å². The molecule has 0 fully saturated rings. The van der Waals surface area contributed by atoms with Crippen LogP contribution in [0.5, 0.6) is 0 Å². The average molecular weight is 589 g/mol. The number of hydrogen-bond donors (Lipinski definition) is 0. The summed E-state index contributed by atoms with van der Waals surface area (Å²) in [6.07, 6.45) is 0. The Bertz CT molecular complexity index is 2420. The molecule has 0 radical (unpaired) electrons. The summed E-state index contributed by atoms with van der Waals surface area (Å²) in [5, 5.41) is 10.4. The van der Waals surface area contributed by atoms with Crippen LogP contribution in [0.25, 0.3) is 86.2 Å². The Labute approximate surface area is 266 Å². The molecule has 0 aliphatic carbocycles. The maximum atomic E-state index is 2.33. The molecule has 0 atom stereocenters. The molecule has 8 aromatic carbocycles. The lowest BCUT2D eigenvalue weighted by atomic mass is 9.89. The van der Waals surface area contributed by atoms with E-state index in [1.54, 1.807) is 0 Å². The van der Waals surface area contributed by atoms with Crippen LogP contribution in [0.4, 0.5) is 0 Å². The van der Waals surface area contributed by atoms with Crippen molar-refractivity contribution in [2.75, 3.05) is 0 Å². The van der Waals surface area contributed by atoms with Crippen LogP contribution in [-0.4, -0.2) is 0 Å². The molecule has 0 amide bonds. The highest BCUT2D eigenvalue weighted by molar-refractivity contribution is 7.21. The standard InChI is InChI=1S/C44H28S/c1-3-15-29(16-4-1)31-25-13-26-32(30-17-5-2-6-18-30)42(31)44-39-24-12-11-23-38(39)43(45-44)40-28-14-27-37-35-20-8-7-19-33(35)34-21-9-10-22-36(34)41(37)40/h1-28H. The first kappa shape index (κ1) is 25.9. The third kappa shape index (κ3) is 4.13. The zero-order valence-electron chi connectivity index (χ0n) is 24.6. The molecule has 9 rings (SSSR count). The minimum absolute atomic E-state index is 1.23. The van der Waals surface area contributed by atoms with Gasteiger partial charge in [-0.2, -0.15) is 0 Å². The normalized spacial score (nSPS) is 11.6. The van der Waals surface area contributed by atoms with E-state index in [0.29, 0.717) is 0 Å². The van der Waals surface area contributed by atoms with Gasteiger partial charge in [-0.25, -0.2) is 0 Å². The molecular weight excluding hydrogens is 561 g/mol. The fourth-order valence-electron chi connectivity index (χ4n) is 7.14. The third-order valence-corrected chi connectivity index (χ3v) is 10.4. The van der Waals surface area contributed by atoms with Crippen LogP contribution in [0.15, 0.2) is 170 Å². The summed E-state index contributed by atoms with van der Waals surface area (Å²) in [7, 11) is 0. The summed E-state index contributed by atoms with van der Waals surface area (Å²) < 4.78 is 0. The van der Waals surface area contributed by atoms with Gasteiger partial charge in [0.1, 0.15) is 0 Å². The molecule has 9 aromatic rings. The minimum Gasteiger partial charge on any atom is -0.134 e. The maximum absolute atomic E-state index is 2.33. The van der Waals surface area contributed by atoms with Gasteiger partial charge in [0.05, 0.1) is 0 Å². The van der Waals surface area contributed by atoms with Crippen LogP contribution in [0.3, 0.4) is 0 Å². The number of rotatable bonds is 4. The summed E-state index contributed by atoms with van der Waals surface area (Å²) in [5.74, 6) is 0. The van der Waals surface area contributed by atoms with Crippen LogP contribution < -0.4 is 0 Å². The Morgan fingerprint density at radius 2 is 0.644 bits per heavy atom. The van der Waals surface area contributed by atoms with E-state index in [9.17, 15) is 0 Å². The van der Waals surface area contributed by atoms with Gasteiger partial charge in [0.25, 0.3) is 0 Å². The number of fused-ring (bicyclic) bond motifs is 7. The van der Waals surface area contributed by atoms with E-state index in [1.165, 1.54) is 86.2 Å². The van der Waals surface area contributed by atoms with E-state index >= 15 is 0 Å². The second kappa shape index (κ2) is 10.6. The summed E-state index contributed by atoms with van der Waals surface area (Å²) in [5.41, 5.74) is 7.55. The highest BCUT2D eigenvalue weighted by Crippen LogP contribution is 2.51. The monoisotopic (exact) mass is 588 g/mol. The lowest BCUT2D eigenvalue weighted by Gasteiger charge is -2.15. The van der Waals surface area contributed by atoms with Gasteiger partial charge in [-0.1, -0.05) is 170 Å². The molecular formula is C44H28S. The maximum Gasteiger partial charge on any atom is 0.0440 e. The molecule has 210 valence electrons.